The highest BCUT2D eigenvalue weighted by Crippen LogP contribution is 2.34. The molecule has 0 aliphatic carbocycles. The lowest BCUT2D eigenvalue weighted by Crippen LogP contribution is -2.10. The standard InChI is InChI=1S/C12H14N4O2/c1-17-8-3-4-10(18-2)9(7-8)11-12(16-13)15-6-5-14-11/h3-7H,13H2,1-2H3,(H,15,16). The fourth-order valence-electron chi connectivity index (χ4n) is 1.64. The zero-order chi connectivity index (χ0) is 13.0. The number of nitrogen functional groups attached to an aromatic ring is 1. The van der Waals surface area contributed by atoms with Crippen LogP contribution in [0.15, 0.2) is 30.6 Å². The SMILES string of the molecule is COc1ccc(OC)c(-c2nccnc2NN)c1. The van der Waals surface area contributed by atoms with Gasteiger partial charge in [-0.2, -0.15) is 0 Å². The third-order valence-corrected chi connectivity index (χ3v) is 2.50. The number of ether oxygens (including phenoxy) is 2. The van der Waals surface area contributed by atoms with Crippen LogP contribution in [0.3, 0.4) is 0 Å². The lowest BCUT2D eigenvalue weighted by atomic mass is 10.1. The van der Waals surface area contributed by atoms with Crippen molar-refractivity contribution in [1.82, 2.24) is 9.97 Å². The highest BCUT2D eigenvalue weighted by Gasteiger charge is 2.13. The Kier molecular flexibility index (Phi) is 3.59. The molecule has 0 radical (unpaired) electrons. The van der Waals surface area contributed by atoms with Crippen molar-refractivity contribution in [3.05, 3.63) is 30.6 Å². The summed E-state index contributed by atoms with van der Waals surface area (Å²) in [6.07, 6.45) is 3.15. The van der Waals surface area contributed by atoms with E-state index in [1.807, 2.05) is 18.2 Å². The van der Waals surface area contributed by atoms with Crippen molar-refractivity contribution in [3.63, 3.8) is 0 Å². The molecule has 1 aromatic heterocycles. The summed E-state index contributed by atoms with van der Waals surface area (Å²) in [5, 5.41) is 0. The number of nitrogens with two attached hydrogens (primary N) is 1. The number of rotatable bonds is 4. The maximum absolute atomic E-state index is 5.43. The minimum atomic E-state index is 0.476. The van der Waals surface area contributed by atoms with Crippen LogP contribution in [0, 0.1) is 0 Å². The second kappa shape index (κ2) is 5.33. The molecule has 1 heterocycles. The van der Waals surface area contributed by atoms with E-state index in [-0.39, 0.29) is 0 Å². The molecule has 94 valence electrons. The van der Waals surface area contributed by atoms with E-state index in [0.29, 0.717) is 23.0 Å². The van der Waals surface area contributed by atoms with Gasteiger partial charge in [-0.15, -0.1) is 0 Å². The van der Waals surface area contributed by atoms with Crippen LogP contribution in [0.4, 0.5) is 5.82 Å². The van der Waals surface area contributed by atoms with Crippen molar-refractivity contribution in [2.75, 3.05) is 19.6 Å². The molecular formula is C12H14N4O2. The lowest BCUT2D eigenvalue weighted by molar-refractivity contribution is 0.404. The zero-order valence-corrected chi connectivity index (χ0v) is 10.2. The molecule has 0 aliphatic rings. The molecule has 0 spiro atoms. The third-order valence-electron chi connectivity index (χ3n) is 2.50. The van der Waals surface area contributed by atoms with Gasteiger partial charge in [0.25, 0.3) is 0 Å². The van der Waals surface area contributed by atoms with Gasteiger partial charge < -0.3 is 14.9 Å². The molecule has 1 aromatic carbocycles. The van der Waals surface area contributed by atoms with Gasteiger partial charge in [0.05, 0.1) is 14.2 Å². The fourth-order valence-corrected chi connectivity index (χ4v) is 1.64. The first-order chi connectivity index (χ1) is 8.80. The maximum Gasteiger partial charge on any atom is 0.166 e. The molecule has 3 N–H and O–H groups in total. The molecule has 2 aromatic rings. The van der Waals surface area contributed by atoms with Gasteiger partial charge in [-0.1, -0.05) is 0 Å². The summed E-state index contributed by atoms with van der Waals surface area (Å²) < 4.78 is 10.5. The lowest BCUT2D eigenvalue weighted by Gasteiger charge is -2.12. The van der Waals surface area contributed by atoms with E-state index in [0.717, 1.165) is 5.56 Å². The molecule has 0 bridgehead atoms. The smallest absolute Gasteiger partial charge is 0.166 e. The Morgan fingerprint density at radius 3 is 2.56 bits per heavy atom. The highest BCUT2D eigenvalue weighted by molar-refractivity contribution is 5.77. The van der Waals surface area contributed by atoms with Crippen molar-refractivity contribution in [2.24, 2.45) is 5.84 Å². The number of aromatic nitrogens is 2. The summed E-state index contributed by atoms with van der Waals surface area (Å²) in [6.45, 7) is 0. The number of anilines is 1. The summed E-state index contributed by atoms with van der Waals surface area (Å²) in [5.74, 6) is 7.28. The van der Waals surface area contributed by atoms with E-state index in [2.05, 4.69) is 15.4 Å². The van der Waals surface area contributed by atoms with Crippen LogP contribution in [0.25, 0.3) is 11.3 Å². The Morgan fingerprint density at radius 2 is 1.89 bits per heavy atom. The summed E-state index contributed by atoms with van der Waals surface area (Å²) >= 11 is 0. The van der Waals surface area contributed by atoms with Crippen LogP contribution in [-0.4, -0.2) is 24.2 Å². The molecule has 0 fully saturated rings. The first-order valence-corrected chi connectivity index (χ1v) is 5.30. The van der Waals surface area contributed by atoms with Gasteiger partial charge in [-0.3, -0.25) is 4.98 Å². The summed E-state index contributed by atoms with van der Waals surface area (Å²) in [6, 6.07) is 5.45. The van der Waals surface area contributed by atoms with Gasteiger partial charge in [-0.05, 0) is 18.2 Å². The number of nitrogens with zero attached hydrogens (tertiary/aromatic N) is 2. The van der Waals surface area contributed by atoms with Crippen LogP contribution < -0.4 is 20.7 Å². The van der Waals surface area contributed by atoms with E-state index >= 15 is 0 Å². The van der Waals surface area contributed by atoms with E-state index in [9.17, 15) is 0 Å². The third kappa shape index (κ3) is 2.18. The molecule has 0 saturated carbocycles. The van der Waals surface area contributed by atoms with Gasteiger partial charge in [0.15, 0.2) is 5.82 Å². The molecule has 18 heavy (non-hydrogen) atoms. The van der Waals surface area contributed by atoms with Crippen LogP contribution >= 0.6 is 0 Å². The van der Waals surface area contributed by atoms with Crippen molar-refractivity contribution in [2.45, 2.75) is 0 Å². The minimum Gasteiger partial charge on any atom is -0.497 e. The Balaban J connectivity index is 2.60. The largest absolute Gasteiger partial charge is 0.497 e. The first kappa shape index (κ1) is 12.1. The number of nitrogens with one attached hydrogen (secondary N) is 1. The summed E-state index contributed by atoms with van der Waals surface area (Å²) in [7, 11) is 3.20. The maximum atomic E-state index is 5.43. The van der Waals surface area contributed by atoms with E-state index < -0.39 is 0 Å². The second-order valence-electron chi connectivity index (χ2n) is 3.46. The molecule has 6 nitrogen and oxygen atoms in total. The molecule has 0 aliphatic heterocycles. The predicted octanol–water partition coefficient (Wildman–Crippen LogP) is 1.45. The van der Waals surface area contributed by atoms with Crippen molar-refractivity contribution in [3.8, 4) is 22.8 Å². The van der Waals surface area contributed by atoms with Crippen molar-refractivity contribution >= 4 is 5.82 Å². The Morgan fingerprint density at radius 1 is 1.11 bits per heavy atom. The van der Waals surface area contributed by atoms with Gasteiger partial charge in [0.1, 0.15) is 17.2 Å². The van der Waals surface area contributed by atoms with Crippen LogP contribution in [0.2, 0.25) is 0 Å². The molecule has 0 atom stereocenters. The predicted molar refractivity (Wildman–Crippen MR) is 68.4 cm³/mol. The van der Waals surface area contributed by atoms with Crippen LogP contribution in [0.5, 0.6) is 11.5 Å². The first-order valence-electron chi connectivity index (χ1n) is 5.30. The Hall–Kier alpha value is -2.34. The average Bonchev–Trinajstić information content (AvgIpc) is 2.46. The van der Waals surface area contributed by atoms with Gasteiger partial charge in [0, 0.05) is 18.0 Å². The van der Waals surface area contributed by atoms with Crippen molar-refractivity contribution in [1.29, 1.82) is 0 Å². The molecule has 2 rings (SSSR count). The minimum absolute atomic E-state index is 0.476. The van der Waals surface area contributed by atoms with Crippen LogP contribution in [0.1, 0.15) is 0 Å². The van der Waals surface area contributed by atoms with Gasteiger partial charge in [-0.25, -0.2) is 10.8 Å². The Labute approximate surface area is 105 Å². The molecule has 0 saturated heterocycles. The monoisotopic (exact) mass is 246 g/mol. The zero-order valence-electron chi connectivity index (χ0n) is 10.2. The summed E-state index contributed by atoms with van der Waals surface area (Å²) in [4.78, 5) is 8.37. The number of hydrogen-bond acceptors (Lipinski definition) is 6. The highest BCUT2D eigenvalue weighted by atomic mass is 16.5. The van der Waals surface area contributed by atoms with Gasteiger partial charge >= 0.3 is 0 Å². The number of methoxy groups -OCH3 is 2. The fraction of sp³-hybridized carbons (Fsp3) is 0.167. The van der Waals surface area contributed by atoms with Gasteiger partial charge in [0.2, 0.25) is 0 Å². The normalized spacial score (nSPS) is 9.94. The average molecular weight is 246 g/mol. The number of hydrogen-bond donors (Lipinski definition) is 2. The summed E-state index contributed by atoms with van der Waals surface area (Å²) in [5.41, 5.74) is 3.88. The van der Waals surface area contributed by atoms with E-state index in [1.54, 1.807) is 26.6 Å². The molecule has 6 heteroatoms. The van der Waals surface area contributed by atoms with E-state index in [4.69, 9.17) is 15.3 Å². The van der Waals surface area contributed by atoms with Crippen molar-refractivity contribution < 1.29 is 9.47 Å². The van der Waals surface area contributed by atoms with E-state index in [1.165, 1.54) is 0 Å². The number of benzene rings is 1. The molecule has 0 amide bonds. The number of hydrazine groups is 1. The van der Waals surface area contributed by atoms with Crippen LogP contribution in [-0.2, 0) is 0 Å². The molecule has 0 unspecified atom stereocenters. The Bertz CT molecular complexity index is 545. The topological polar surface area (TPSA) is 82.3 Å². The quantitative estimate of drug-likeness (QED) is 0.627. The molecular weight excluding hydrogens is 232 g/mol. The second-order valence-corrected chi connectivity index (χ2v) is 3.46.